The van der Waals surface area contributed by atoms with E-state index in [0.29, 0.717) is 35.0 Å². The highest BCUT2D eigenvalue weighted by Gasteiger charge is 2.28. The molecule has 1 unspecified atom stereocenters. The molecule has 2 aromatic heterocycles. The summed E-state index contributed by atoms with van der Waals surface area (Å²) in [6, 6.07) is 7.55. The fourth-order valence-corrected chi connectivity index (χ4v) is 4.01. The van der Waals surface area contributed by atoms with E-state index in [4.69, 9.17) is 9.47 Å². The Morgan fingerprint density at radius 2 is 2.22 bits per heavy atom. The quantitative estimate of drug-likeness (QED) is 0.633. The van der Waals surface area contributed by atoms with Crippen LogP contribution in [0.1, 0.15) is 18.9 Å². The van der Waals surface area contributed by atoms with Crippen molar-refractivity contribution in [2.45, 2.75) is 24.7 Å². The van der Waals surface area contributed by atoms with Crippen LogP contribution < -0.4 is 14.8 Å². The summed E-state index contributed by atoms with van der Waals surface area (Å²) in [5, 5.41) is 14.3. The van der Waals surface area contributed by atoms with Gasteiger partial charge in [-0.2, -0.15) is 0 Å². The summed E-state index contributed by atoms with van der Waals surface area (Å²) in [6.07, 6.45) is 1.31. The Kier molecular flexibility index (Phi) is 5.26. The lowest BCUT2D eigenvalue weighted by Gasteiger charge is -2.26. The average molecular weight is 403 g/mol. The largest absolute Gasteiger partial charge is 0.485 e. The third kappa shape index (κ3) is 3.91. The van der Waals surface area contributed by atoms with Gasteiger partial charge in [0.15, 0.2) is 33.7 Å². The van der Waals surface area contributed by atoms with Crippen molar-refractivity contribution in [2.75, 3.05) is 17.7 Å². The molecule has 0 saturated heterocycles. The SMILES string of the molecule is CCn1c(SCC(=O)Nc2nccs2)nnc1C1COc2ccccc2O1. The van der Waals surface area contributed by atoms with Crippen molar-refractivity contribution in [3.05, 3.63) is 41.7 Å². The molecule has 10 heteroatoms. The first-order chi connectivity index (χ1) is 13.2. The van der Waals surface area contributed by atoms with Gasteiger partial charge in [0.2, 0.25) is 5.91 Å². The van der Waals surface area contributed by atoms with E-state index < -0.39 is 0 Å². The van der Waals surface area contributed by atoms with Crippen LogP contribution in [-0.4, -0.2) is 38.0 Å². The summed E-state index contributed by atoms with van der Waals surface area (Å²) in [6.45, 7) is 3.04. The number of aromatic nitrogens is 4. The van der Waals surface area contributed by atoms with Gasteiger partial charge in [0.1, 0.15) is 6.61 Å². The maximum Gasteiger partial charge on any atom is 0.236 e. The summed E-state index contributed by atoms with van der Waals surface area (Å²) in [5.74, 6) is 2.20. The zero-order valence-electron chi connectivity index (χ0n) is 14.5. The summed E-state index contributed by atoms with van der Waals surface area (Å²) >= 11 is 2.71. The van der Waals surface area contributed by atoms with Crippen molar-refractivity contribution in [1.29, 1.82) is 0 Å². The number of anilines is 1. The van der Waals surface area contributed by atoms with E-state index in [1.165, 1.54) is 23.1 Å². The molecule has 0 saturated carbocycles. The van der Waals surface area contributed by atoms with E-state index in [-0.39, 0.29) is 17.8 Å². The van der Waals surface area contributed by atoms with Crippen molar-refractivity contribution >= 4 is 34.1 Å². The Morgan fingerprint density at radius 1 is 1.37 bits per heavy atom. The second-order valence-corrected chi connectivity index (χ2v) is 7.46. The van der Waals surface area contributed by atoms with Gasteiger partial charge in [-0.15, -0.1) is 21.5 Å². The van der Waals surface area contributed by atoms with Gasteiger partial charge in [0.25, 0.3) is 0 Å². The number of ether oxygens (including phenoxy) is 2. The zero-order chi connectivity index (χ0) is 18.6. The van der Waals surface area contributed by atoms with Crippen LogP contribution in [0.3, 0.4) is 0 Å². The van der Waals surface area contributed by atoms with E-state index in [1.54, 1.807) is 6.20 Å². The first-order valence-electron chi connectivity index (χ1n) is 8.38. The molecule has 1 N–H and O–H groups in total. The number of nitrogens with zero attached hydrogens (tertiary/aromatic N) is 4. The highest BCUT2D eigenvalue weighted by Crippen LogP contribution is 2.36. The lowest BCUT2D eigenvalue weighted by atomic mass is 10.2. The smallest absolute Gasteiger partial charge is 0.236 e. The Balaban J connectivity index is 1.44. The number of nitrogens with one attached hydrogen (secondary N) is 1. The lowest BCUT2D eigenvalue weighted by Crippen LogP contribution is -2.25. The van der Waals surface area contributed by atoms with Crippen LogP contribution >= 0.6 is 23.1 Å². The number of fused-ring (bicyclic) bond motifs is 1. The van der Waals surface area contributed by atoms with Gasteiger partial charge in [-0.1, -0.05) is 23.9 Å². The molecular weight excluding hydrogens is 386 g/mol. The van der Waals surface area contributed by atoms with Gasteiger partial charge in [-0.05, 0) is 19.1 Å². The Bertz CT molecular complexity index is 929. The van der Waals surface area contributed by atoms with Crippen LogP contribution in [0.2, 0.25) is 0 Å². The molecule has 1 aliphatic rings. The molecule has 1 amide bonds. The summed E-state index contributed by atoms with van der Waals surface area (Å²) in [7, 11) is 0. The minimum atomic E-state index is -0.342. The van der Waals surface area contributed by atoms with Crippen LogP contribution in [0.15, 0.2) is 41.0 Å². The van der Waals surface area contributed by atoms with Crippen LogP contribution in [0, 0.1) is 0 Å². The number of thiazole rings is 1. The van der Waals surface area contributed by atoms with E-state index in [9.17, 15) is 4.79 Å². The van der Waals surface area contributed by atoms with Gasteiger partial charge in [-0.25, -0.2) is 4.98 Å². The molecule has 3 heterocycles. The van der Waals surface area contributed by atoms with Crippen LogP contribution in [0.4, 0.5) is 5.13 Å². The average Bonchev–Trinajstić information content (AvgIpc) is 3.35. The molecule has 0 spiro atoms. The fraction of sp³-hybridized carbons (Fsp3) is 0.294. The minimum Gasteiger partial charge on any atom is -0.485 e. The molecular formula is C17H17N5O3S2. The van der Waals surface area contributed by atoms with E-state index >= 15 is 0 Å². The number of carbonyl (C=O) groups excluding carboxylic acids is 1. The number of hydrogen-bond donors (Lipinski definition) is 1. The second kappa shape index (κ2) is 7.97. The molecule has 0 bridgehead atoms. The molecule has 0 aliphatic carbocycles. The predicted octanol–water partition coefficient (Wildman–Crippen LogP) is 3.00. The fourth-order valence-electron chi connectivity index (χ4n) is 2.66. The van der Waals surface area contributed by atoms with E-state index in [0.717, 1.165) is 5.75 Å². The molecule has 1 atom stereocenters. The summed E-state index contributed by atoms with van der Waals surface area (Å²) in [5.41, 5.74) is 0. The number of carbonyl (C=O) groups is 1. The van der Waals surface area contributed by atoms with Gasteiger partial charge in [-0.3, -0.25) is 4.79 Å². The second-order valence-electron chi connectivity index (χ2n) is 5.62. The molecule has 1 aliphatic heterocycles. The first-order valence-corrected chi connectivity index (χ1v) is 10.2. The monoisotopic (exact) mass is 403 g/mol. The number of para-hydroxylation sites is 2. The van der Waals surface area contributed by atoms with Crippen molar-refractivity contribution in [1.82, 2.24) is 19.7 Å². The van der Waals surface area contributed by atoms with Gasteiger partial charge < -0.3 is 19.4 Å². The van der Waals surface area contributed by atoms with Crippen molar-refractivity contribution < 1.29 is 14.3 Å². The first kappa shape index (κ1) is 17.8. The summed E-state index contributed by atoms with van der Waals surface area (Å²) < 4.78 is 13.7. The molecule has 27 heavy (non-hydrogen) atoms. The van der Waals surface area contributed by atoms with E-state index in [2.05, 4.69) is 20.5 Å². The molecule has 3 aromatic rings. The third-order valence-corrected chi connectivity index (χ3v) is 5.52. The summed E-state index contributed by atoms with van der Waals surface area (Å²) in [4.78, 5) is 16.1. The highest BCUT2D eigenvalue weighted by molar-refractivity contribution is 7.99. The Hall–Kier alpha value is -2.59. The Labute approximate surface area is 163 Å². The third-order valence-electron chi connectivity index (χ3n) is 3.87. The maximum absolute atomic E-state index is 12.1. The zero-order valence-corrected chi connectivity index (χ0v) is 16.1. The Morgan fingerprint density at radius 3 is 3.00 bits per heavy atom. The van der Waals surface area contributed by atoms with Gasteiger partial charge in [0.05, 0.1) is 5.75 Å². The topological polar surface area (TPSA) is 91.2 Å². The number of hydrogen-bond acceptors (Lipinski definition) is 8. The van der Waals surface area contributed by atoms with Crippen molar-refractivity contribution in [3.63, 3.8) is 0 Å². The molecule has 0 radical (unpaired) electrons. The molecule has 1 aromatic carbocycles. The number of thioether (sulfide) groups is 1. The van der Waals surface area contributed by atoms with Gasteiger partial charge >= 0.3 is 0 Å². The highest BCUT2D eigenvalue weighted by atomic mass is 32.2. The molecule has 4 rings (SSSR count). The number of benzene rings is 1. The van der Waals surface area contributed by atoms with Gasteiger partial charge in [0, 0.05) is 18.1 Å². The maximum atomic E-state index is 12.1. The van der Waals surface area contributed by atoms with Crippen LogP contribution in [0.25, 0.3) is 0 Å². The minimum absolute atomic E-state index is 0.131. The standard InChI is InChI=1S/C17H17N5O3S2/c1-2-22-15(13-9-24-11-5-3-4-6-12(11)25-13)20-21-17(22)27-10-14(23)19-16-18-7-8-26-16/h3-8,13H,2,9-10H2,1H3,(H,18,19,23). The predicted molar refractivity (Wildman–Crippen MR) is 102 cm³/mol. The van der Waals surface area contributed by atoms with Crippen LogP contribution in [0.5, 0.6) is 11.5 Å². The van der Waals surface area contributed by atoms with Crippen molar-refractivity contribution in [2.24, 2.45) is 0 Å². The van der Waals surface area contributed by atoms with E-state index in [1.807, 2.05) is 41.1 Å². The molecule has 140 valence electrons. The molecule has 0 fully saturated rings. The normalized spacial score (nSPS) is 15.5. The lowest BCUT2D eigenvalue weighted by molar-refractivity contribution is -0.113. The molecule has 8 nitrogen and oxygen atoms in total. The van der Waals surface area contributed by atoms with Crippen molar-refractivity contribution in [3.8, 4) is 11.5 Å². The number of rotatable bonds is 6. The number of amides is 1. The van der Waals surface area contributed by atoms with Crippen LogP contribution in [-0.2, 0) is 11.3 Å².